The van der Waals surface area contributed by atoms with Gasteiger partial charge in [0.25, 0.3) is 11.8 Å². The Morgan fingerprint density at radius 2 is 1.60 bits per heavy atom. The zero-order chi connectivity index (χ0) is 17.8. The van der Waals surface area contributed by atoms with Crippen LogP contribution in [0.4, 0.5) is 5.69 Å². The zero-order valence-electron chi connectivity index (χ0n) is 14.2. The maximum atomic E-state index is 13.0. The monoisotopic (exact) mass is 353 g/mol. The molecule has 2 aromatic rings. The van der Waals surface area contributed by atoms with E-state index in [1.54, 1.807) is 24.3 Å². The topological polar surface area (TPSA) is 46.6 Å². The first-order chi connectivity index (χ1) is 12.2. The van der Waals surface area contributed by atoms with Crippen LogP contribution >= 0.6 is 11.8 Å². The first-order valence-electron chi connectivity index (χ1n) is 8.21. The number of amides is 2. The van der Waals surface area contributed by atoms with Gasteiger partial charge in [-0.3, -0.25) is 9.59 Å². The predicted octanol–water partition coefficient (Wildman–Crippen LogP) is 4.12. The summed E-state index contributed by atoms with van der Waals surface area (Å²) in [5, 5.41) is 0. The van der Waals surface area contributed by atoms with Crippen LogP contribution in [0.5, 0.6) is 5.75 Å². The van der Waals surface area contributed by atoms with E-state index in [1.165, 1.54) is 16.7 Å². The number of ether oxygens (including phenoxy) is 1. The molecule has 3 rings (SSSR count). The summed E-state index contributed by atoms with van der Waals surface area (Å²) in [4.78, 5) is 27.7. The Hall–Kier alpha value is -2.53. The number of anilines is 1. The Labute approximate surface area is 151 Å². The summed E-state index contributed by atoms with van der Waals surface area (Å²) in [6.45, 7) is 4.45. The quantitative estimate of drug-likeness (QED) is 0.733. The minimum Gasteiger partial charge on any atom is -0.494 e. The molecule has 0 bridgehead atoms. The highest BCUT2D eigenvalue weighted by Gasteiger charge is 2.39. The lowest BCUT2D eigenvalue weighted by Crippen LogP contribution is -2.31. The van der Waals surface area contributed by atoms with Crippen LogP contribution in [0, 0.1) is 0 Å². The van der Waals surface area contributed by atoms with Crippen LogP contribution in [0.2, 0.25) is 0 Å². The average Bonchev–Trinajstić information content (AvgIpc) is 2.88. The molecular weight excluding hydrogens is 334 g/mol. The van der Waals surface area contributed by atoms with Crippen LogP contribution in [0.3, 0.4) is 0 Å². The predicted molar refractivity (Wildman–Crippen MR) is 102 cm³/mol. The molecular formula is C20H19NO3S. The van der Waals surface area contributed by atoms with E-state index < -0.39 is 0 Å². The number of nitrogens with zero attached hydrogens (tertiary/aromatic N) is 1. The standard InChI is InChI=1S/C20H19NO3S/c1-3-24-16-12-10-15(11-13-16)21-19(22)17(14-8-6-5-7-9-14)18(20(21)23)25-4-2/h5-13H,3-4H2,1-2H3. The molecule has 0 fully saturated rings. The molecule has 1 aliphatic heterocycles. The molecule has 4 nitrogen and oxygen atoms in total. The van der Waals surface area contributed by atoms with Gasteiger partial charge in [0, 0.05) is 0 Å². The average molecular weight is 353 g/mol. The molecule has 0 aromatic heterocycles. The second-order valence-electron chi connectivity index (χ2n) is 5.38. The largest absolute Gasteiger partial charge is 0.494 e. The van der Waals surface area contributed by atoms with Gasteiger partial charge in [-0.05, 0) is 42.5 Å². The van der Waals surface area contributed by atoms with Crippen molar-refractivity contribution in [2.75, 3.05) is 17.3 Å². The van der Waals surface area contributed by atoms with Crippen molar-refractivity contribution in [1.29, 1.82) is 0 Å². The van der Waals surface area contributed by atoms with Gasteiger partial charge in [0.05, 0.1) is 22.8 Å². The number of imide groups is 1. The number of thioether (sulfide) groups is 1. The molecule has 128 valence electrons. The second-order valence-corrected chi connectivity index (χ2v) is 6.65. The van der Waals surface area contributed by atoms with E-state index in [2.05, 4.69) is 0 Å². The van der Waals surface area contributed by atoms with Crippen LogP contribution in [-0.4, -0.2) is 24.2 Å². The number of carbonyl (C=O) groups is 2. The second kappa shape index (κ2) is 7.57. The SMILES string of the molecule is CCOc1ccc(N2C(=O)C(SCC)=C(c3ccccc3)C2=O)cc1. The molecule has 0 aliphatic carbocycles. The molecule has 0 saturated heterocycles. The van der Waals surface area contributed by atoms with Gasteiger partial charge in [-0.1, -0.05) is 37.3 Å². The molecule has 1 heterocycles. The van der Waals surface area contributed by atoms with Crippen molar-refractivity contribution >= 4 is 34.8 Å². The number of hydrogen-bond donors (Lipinski definition) is 0. The summed E-state index contributed by atoms with van der Waals surface area (Å²) < 4.78 is 5.42. The van der Waals surface area contributed by atoms with E-state index in [4.69, 9.17) is 4.74 Å². The molecule has 2 amide bonds. The van der Waals surface area contributed by atoms with Gasteiger partial charge in [-0.25, -0.2) is 4.90 Å². The fourth-order valence-electron chi connectivity index (χ4n) is 2.74. The smallest absolute Gasteiger partial charge is 0.272 e. The van der Waals surface area contributed by atoms with E-state index >= 15 is 0 Å². The molecule has 0 unspecified atom stereocenters. The van der Waals surface area contributed by atoms with Crippen molar-refractivity contribution in [1.82, 2.24) is 0 Å². The van der Waals surface area contributed by atoms with E-state index in [0.29, 0.717) is 28.5 Å². The molecule has 0 N–H and O–H groups in total. The van der Waals surface area contributed by atoms with Gasteiger partial charge in [-0.2, -0.15) is 0 Å². The third-order valence-corrected chi connectivity index (χ3v) is 4.75. The molecule has 0 saturated carbocycles. The van der Waals surface area contributed by atoms with Gasteiger partial charge in [-0.15, -0.1) is 11.8 Å². The van der Waals surface area contributed by atoms with Crippen LogP contribution < -0.4 is 9.64 Å². The normalized spacial score (nSPS) is 14.4. The van der Waals surface area contributed by atoms with Gasteiger partial charge in [0.1, 0.15) is 5.75 Å². The number of rotatable bonds is 6. The molecule has 0 atom stereocenters. The third kappa shape index (κ3) is 3.33. The Kier molecular flexibility index (Phi) is 5.24. The van der Waals surface area contributed by atoms with Crippen molar-refractivity contribution < 1.29 is 14.3 Å². The summed E-state index contributed by atoms with van der Waals surface area (Å²) in [6.07, 6.45) is 0. The fourth-order valence-corrected chi connectivity index (χ4v) is 3.59. The lowest BCUT2D eigenvalue weighted by Gasteiger charge is -2.15. The lowest BCUT2D eigenvalue weighted by molar-refractivity contribution is -0.119. The van der Waals surface area contributed by atoms with Gasteiger partial charge >= 0.3 is 0 Å². The summed E-state index contributed by atoms with van der Waals surface area (Å²) in [5.41, 5.74) is 1.80. The van der Waals surface area contributed by atoms with Crippen molar-refractivity contribution in [3.63, 3.8) is 0 Å². The summed E-state index contributed by atoms with van der Waals surface area (Å²) >= 11 is 1.41. The van der Waals surface area contributed by atoms with Gasteiger partial charge in [0.15, 0.2) is 0 Å². The molecule has 0 radical (unpaired) electrons. The molecule has 25 heavy (non-hydrogen) atoms. The minimum atomic E-state index is -0.281. The van der Waals surface area contributed by atoms with Gasteiger partial charge in [0.2, 0.25) is 0 Å². The van der Waals surface area contributed by atoms with E-state index in [1.807, 2.05) is 44.2 Å². The van der Waals surface area contributed by atoms with Crippen LogP contribution in [0.15, 0.2) is 59.5 Å². The first-order valence-corrected chi connectivity index (χ1v) is 9.20. The third-order valence-electron chi connectivity index (χ3n) is 3.80. The minimum absolute atomic E-state index is 0.264. The highest BCUT2D eigenvalue weighted by molar-refractivity contribution is 8.04. The number of hydrogen-bond acceptors (Lipinski definition) is 4. The van der Waals surface area contributed by atoms with Crippen molar-refractivity contribution in [2.45, 2.75) is 13.8 Å². The zero-order valence-corrected chi connectivity index (χ0v) is 15.0. The number of carbonyl (C=O) groups excluding carboxylic acids is 2. The maximum Gasteiger partial charge on any atom is 0.272 e. The van der Waals surface area contributed by atoms with Crippen molar-refractivity contribution in [3.8, 4) is 5.75 Å². The number of benzene rings is 2. The highest BCUT2D eigenvalue weighted by atomic mass is 32.2. The van der Waals surface area contributed by atoms with Crippen LogP contribution in [0.25, 0.3) is 5.57 Å². The molecule has 2 aromatic carbocycles. The Balaban J connectivity index is 1.99. The molecule has 1 aliphatic rings. The maximum absolute atomic E-state index is 13.0. The Morgan fingerprint density at radius 3 is 2.20 bits per heavy atom. The van der Waals surface area contributed by atoms with Crippen LogP contribution in [-0.2, 0) is 9.59 Å². The van der Waals surface area contributed by atoms with Crippen molar-refractivity contribution in [2.24, 2.45) is 0 Å². The summed E-state index contributed by atoms with van der Waals surface area (Å²) in [7, 11) is 0. The Morgan fingerprint density at radius 1 is 0.920 bits per heavy atom. The van der Waals surface area contributed by atoms with Crippen molar-refractivity contribution in [3.05, 3.63) is 65.1 Å². The highest BCUT2D eigenvalue weighted by Crippen LogP contribution is 2.38. The summed E-state index contributed by atoms with van der Waals surface area (Å²) in [5.74, 6) is 0.892. The Bertz CT molecular complexity index is 813. The van der Waals surface area contributed by atoms with E-state index in [9.17, 15) is 9.59 Å². The van der Waals surface area contributed by atoms with Gasteiger partial charge < -0.3 is 4.74 Å². The summed E-state index contributed by atoms with van der Waals surface area (Å²) in [6, 6.07) is 16.4. The van der Waals surface area contributed by atoms with E-state index in [0.717, 1.165) is 11.3 Å². The van der Waals surface area contributed by atoms with E-state index in [-0.39, 0.29) is 11.8 Å². The lowest BCUT2D eigenvalue weighted by atomic mass is 10.1. The van der Waals surface area contributed by atoms with Crippen LogP contribution in [0.1, 0.15) is 19.4 Å². The fraction of sp³-hybridized carbons (Fsp3) is 0.200. The molecule has 5 heteroatoms. The first kappa shape index (κ1) is 17.3. The molecule has 0 spiro atoms.